The lowest BCUT2D eigenvalue weighted by Gasteiger charge is -2.24. The van der Waals surface area contributed by atoms with Crippen LogP contribution in [-0.4, -0.2) is 24.1 Å². The van der Waals surface area contributed by atoms with Gasteiger partial charge in [-0.2, -0.15) is 5.26 Å². The number of benzene rings is 2. The number of rotatable bonds is 6. The molecular formula is C19H17FN2O4. The Labute approximate surface area is 150 Å². The number of hydrogen-bond donors (Lipinski definition) is 1. The Balaban J connectivity index is 1.91. The molecule has 26 heavy (non-hydrogen) atoms. The van der Waals surface area contributed by atoms with E-state index >= 15 is 0 Å². The van der Waals surface area contributed by atoms with E-state index in [2.05, 4.69) is 5.32 Å². The van der Waals surface area contributed by atoms with Crippen molar-refractivity contribution in [1.82, 2.24) is 0 Å². The summed E-state index contributed by atoms with van der Waals surface area (Å²) in [4.78, 5) is 24.1. The van der Waals surface area contributed by atoms with Crippen LogP contribution < -0.4 is 10.1 Å². The van der Waals surface area contributed by atoms with E-state index in [9.17, 15) is 14.0 Å². The van der Waals surface area contributed by atoms with Gasteiger partial charge >= 0.3 is 5.97 Å². The summed E-state index contributed by atoms with van der Waals surface area (Å²) in [6.45, 7) is 2.41. The van der Waals surface area contributed by atoms with Crippen molar-refractivity contribution in [3.63, 3.8) is 0 Å². The summed E-state index contributed by atoms with van der Waals surface area (Å²) in [7, 11) is 0. The van der Waals surface area contributed by atoms with Gasteiger partial charge in [0, 0.05) is 0 Å². The van der Waals surface area contributed by atoms with E-state index in [0.29, 0.717) is 17.0 Å². The highest BCUT2D eigenvalue weighted by atomic mass is 19.1. The maximum absolute atomic E-state index is 12.9. The highest BCUT2D eigenvalue weighted by Crippen LogP contribution is 2.20. The van der Waals surface area contributed by atoms with E-state index in [-0.39, 0.29) is 0 Å². The summed E-state index contributed by atoms with van der Waals surface area (Å²) in [6.07, 6.45) is 0. The zero-order chi connectivity index (χ0) is 19.2. The monoisotopic (exact) mass is 356 g/mol. The van der Waals surface area contributed by atoms with Gasteiger partial charge in [0.05, 0.1) is 11.3 Å². The van der Waals surface area contributed by atoms with Crippen LogP contribution in [0.5, 0.6) is 5.75 Å². The standard InChI is InChI=1S/C19H17FN2O4/c1-19(2,26-15-9-7-14(20)8-10-15)18(24)25-12-17(23)22-16-6-4-3-5-13(16)11-21/h3-10H,12H2,1-2H3,(H,22,23). The van der Waals surface area contributed by atoms with Gasteiger partial charge in [0.25, 0.3) is 5.91 Å². The van der Waals surface area contributed by atoms with Gasteiger partial charge in [-0.1, -0.05) is 12.1 Å². The summed E-state index contributed by atoms with van der Waals surface area (Å²) < 4.78 is 23.4. The molecule has 2 rings (SSSR count). The first kappa shape index (κ1) is 18.9. The average molecular weight is 356 g/mol. The van der Waals surface area contributed by atoms with Crippen molar-refractivity contribution in [2.24, 2.45) is 0 Å². The lowest BCUT2D eigenvalue weighted by molar-refractivity contribution is -0.161. The van der Waals surface area contributed by atoms with Gasteiger partial charge in [-0.25, -0.2) is 9.18 Å². The molecule has 2 aromatic carbocycles. The van der Waals surface area contributed by atoms with Crippen molar-refractivity contribution in [1.29, 1.82) is 5.26 Å². The molecular weight excluding hydrogens is 339 g/mol. The minimum Gasteiger partial charge on any atom is -0.476 e. The number of nitriles is 1. The normalized spacial score (nSPS) is 10.5. The number of amides is 1. The summed E-state index contributed by atoms with van der Waals surface area (Å²) in [5.74, 6) is -1.48. The van der Waals surface area contributed by atoms with Crippen LogP contribution in [0.25, 0.3) is 0 Å². The van der Waals surface area contributed by atoms with Crippen molar-refractivity contribution in [2.45, 2.75) is 19.4 Å². The van der Waals surface area contributed by atoms with Crippen LogP contribution in [0.15, 0.2) is 48.5 Å². The Morgan fingerprint density at radius 1 is 1.15 bits per heavy atom. The van der Waals surface area contributed by atoms with E-state index in [0.717, 1.165) is 0 Å². The van der Waals surface area contributed by atoms with Gasteiger partial charge in [-0.05, 0) is 50.2 Å². The summed E-state index contributed by atoms with van der Waals surface area (Å²) in [6, 6.07) is 13.6. The number of halogens is 1. The molecule has 0 unspecified atom stereocenters. The molecule has 2 aromatic rings. The first-order chi connectivity index (χ1) is 12.3. The Morgan fingerprint density at radius 2 is 1.81 bits per heavy atom. The summed E-state index contributed by atoms with van der Waals surface area (Å²) >= 11 is 0. The average Bonchev–Trinajstić information content (AvgIpc) is 2.62. The molecule has 0 aliphatic heterocycles. The zero-order valence-electron chi connectivity index (χ0n) is 14.3. The first-order valence-corrected chi connectivity index (χ1v) is 7.72. The summed E-state index contributed by atoms with van der Waals surface area (Å²) in [5, 5.41) is 11.5. The van der Waals surface area contributed by atoms with Gasteiger partial charge in [-0.3, -0.25) is 4.79 Å². The molecule has 0 saturated carbocycles. The van der Waals surface area contributed by atoms with Crippen LogP contribution in [0.3, 0.4) is 0 Å². The van der Waals surface area contributed by atoms with Crippen molar-refractivity contribution in [3.05, 3.63) is 59.9 Å². The maximum atomic E-state index is 12.9. The lowest BCUT2D eigenvalue weighted by atomic mass is 10.1. The Hall–Kier alpha value is -3.40. The SMILES string of the molecule is CC(C)(Oc1ccc(F)cc1)C(=O)OCC(=O)Nc1ccccc1C#N. The molecule has 0 fully saturated rings. The quantitative estimate of drug-likeness (QED) is 0.804. The Kier molecular flexibility index (Phi) is 5.91. The zero-order valence-corrected chi connectivity index (χ0v) is 14.3. The summed E-state index contributed by atoms with van der Waals surface area (Å²) in [5.41, 5.74) is -0.743. The third kappa shape index (κ3) is 5.05. The van der Waals surface area contributed by atoms with Gasteiger partial charge in [-0.15, -0.1) is 0 Å². The highest BCUT2D eigenvalue weighted by molar-refractivity contribution is 5.94. The van der Waals surface area contributed by atoms with Crippen molar-refractivity contribution >= 4 is 17.6 Å². The van der Waals surface area contributed by atoms with Crippen LogP contribution in [0.1, 0.15) is 19.4 Å². The van der Waals surface area contributed by atoms with Gasteiger partial charge in [0.1, 0.15) is 17.6 Å². The molecule has 6 nitrogen and oxygen atoms in total. The topological polar surface area (TPSA) is 88.4 Å². The van der Waals surface area contributed by atoms with Gasteiger partial charge in [0.15, 0.2) is 12.2 Å². The lowest BCUT2D eigenvalue weighted by Crippen LogP contribution is -2.41. The van der Waals surface area contributed by atoms with Crippen molar-refractivity contribution < 1.29 is 23.5 Å². The number of nitrogens with one attached hydrogen (secondary N) is 1. The second kappa shape index (κ2) is 8.12. The molecule has 0 bridgehead atoms. The number of carbonyl (C=O) groups is 2. The van der Waals surface area contributed by atoms with E-state index in [1.54, 1.807) is 24.3 Å². The van der Waals surface area contributed by atoms with Crippen molar-refractivity contribution in [3.8, 4) is 11.8 Å². The second-order valence-electron chi connectivity index (χ2n) is 5.85. The van der Waals surface area contributed by atoms with Crippen LogP contribution in [0.4, 0.5) is 10.1 Å². The second-order valence-corrected chi connectivity index (χ2v) is 5.85. The first-order valence-electron chi connectivity index (χ1n) is 7.72. The number of para-hydroxylation sites is 1. The molecule has 0 saturated heterocycles. The molecule has 0 atom stereocenters. The molecule has 1 N–H and O–H groups in total. The predicted octanol–water partition coefficient (Wildman–Crippen LogP) is 3.04. The molecule has 0 aromatic heterocycles. The predicted molar refractivity (Wildman–Crippen MR) is 91.9 cm³/mol. The van der Waals surface area contributed by atoms with Gasteiger partial charge < -0.3 is 14.8 Å². The minimum atomic E-state index is -1.37. The Bertz CT molecular complexity index is 841. The molecule has 0 spiro atoms. The van der Waals surface area contributed by atoms with Crippen LogP contribution in [0, 0.1) is 17.1 Å². The van der Waals surface area contributed by atoms with E-state index < -0.39 is 29.9 Å². The molecule has 1 amide bonds. The number of carbonyl (C=O) groups excluding carboxylic acids is 2. The van der Waals surface area contributed by atoms with Gasteiger partial charge in [0.2, 0.25) is 0 Å². The number of esters is 1. The number of ether oxygens (including phenoxy) is 2. The smallest absolute Gasteiger partial charge is 0.350 e. The molecule has 0 radical (unpaired) electrons. The van der Waals surface area contributed by atoms with Crippen LogP contribution >= 0.6 is 0 Å². The fraction of sp³-hybridized carbons (Fsp3) is 0.211. The largest absolute Gasteiger partial charge is 0.476 e. The fourth-order valence-electron chi connectivity index (χ4n) is 2.02. The number of hydrogen-bond acceptors (Lipinski definition) is 5. The number of nitrogens with zero attached hydrogens (tertiary/aromatic N) is 1. The highest BCUT2D eigenvalue weighted by Gasteiger charge is 2.32. The molecule has 0 aliphatic carbocycles. The Morgan fingerprint density at radius 3 is 2.46 bits per heavy atom. The number of anilines is 1. The minimum absolute atomic E-state index is 0.292. The van der Waals surface area contributed by atoms with Crippen LogP contribution in [-0.2, 0) is 14.3 Å². The van der Waals surface area contributed by atoms with E-state index in [1.165, 1.54) is 38.1 Å². The molecule has 7 heteroatoms. The molecule has 0 aliphatic rings. The van der Waals surface area contributed by atoms with Crippen LogP contribution in [0.2, 0.25) is 0 Å². The third-order valence-corrected chi connectivity index (χ3v) is 3.33. The maximum Gasteiger partial charge on any atom is 0.350 e. The van der Waals surface area contributed by atoms with Crippen molar-refractivity contribution in [2.75, 3.05) is 11.9 Å². The molecule has 134 valence electrons. The molecule has 0 heterocycles. The third-order valence-electron chi connectivity index (χ3n) is 3.33. The fourth-order valence-corrected chi connectivity index (χ4v) is 2.02. The van der Waals surface area contributed by atoms with E-state index in [4.69, 9.17) is 14.7 Å². The van der Waals surface area contributed by atoms with E-state index in [1.807, 2.05) is 6.07 Å².